The molecule has 0 radical (unpaired) electrons. The maximum atomic E-state index is 13.1. The van der Waals surface area contributed by atoms with Crippen LogP contribution in [-0.4, -0.2) is 63.0 Å². The molecule has 0 aromatic heterocycles. The Bertz CT molecular complexity index is 842. The first kappa shape index (κ1) is 30.8. The number of ether oxygens (including phenoxy) is 5. The summed E-state index contributed by atoms with van der Waals surface area (Å²) in [6, 6.07) is 0. The van der Waals surface area contributed by atoms with Gasteiger partial charge in [-0.1, -0.05) is 25.3 Å². The minimum atomic E-state index is -0.577. The first-order valence-corrected chi connectivity index (χ1v) is 12.0. The van der Waals surface area contributed by atoms with E-state index in [0.29, 0.717) is 30.6 Å². The van der Waals surface area contributed by atoms with Gasteiger partial charge in [-0.3, -0.25) is 0 Å². The molecule has 0 amide bonds. The van der Waals surface area contributed by atoms with Crippen LogP contribution in [0.5, 0.6) is 0 Å². The van der Waals surface area contributed by atoms with Gasteiger partial charge < -0.3 is 23.7 Å². The SMILES string of the molecule is C=C(C)C(=O)OCCOC(=O)C(CCC1CCCO1)=C(CCOC(=O)C(=C)C)CCOC(=O)C(=C)C. The van der Waals surface area contributed by atoms with Crippen molar-refractivity contribution >= 4 is 23.9 Å². The average Bonchev–Trinajstić information content (AvgIpc) is 3.34. The summed E-state index contributed by atoms with van der Waals surface area (Å²) < 4.78 is 26.5. The lowest BCUT2D eigenvalue weighted by molar-refractivity contribution is -0.147. The van der Waals surface area contributed by atoms with Crippen molar-refractivity contribution in [1.29, 1.82) is 0 Å². The topological polar surface area (TPSA) is 114 Å². The van der Waals surface area contributed by atoms with Gasteiger partial charge in [-0.15, -0.1) is 0 Å². The summed E-state index contributed by atoms with van der Waals surface area (Å²) in [4.78, 5) is 48.2. The van der Waals surface area contributed by atoms with Gasteiger partial charge in [0.2, 0.25) is 0 Å². The van der Waals surface area contributed by atoms with Crippen LogP contribution in [0.15, 0.2) is 47.6 Å². The van der Waals surface area contributed by atoms with E-state index in [0.717, 1.165) is 12.8 Å². The van der Waals surface area contributed by atoms with Gasteiger partial charge in [-0.2, -0.15) is 0 Å². The molecular formula is C27H38O9. The lowest BCUT2D eigenvalue weighted by Crippen LogP contribution is -2.19. The van der Waals surface area contributed by atoms with Crippen molar-refractivity contribution in [2.24, 2.45) is 0 Å². The second-order valence-electron chi connectivity index (χ2n) is 8.64. The zero-order chi connectivity index (χ0) is 27.1. The third-order valence-electron chi connectivity index (χ3n) is 5.28. The van der Waals surface area contributed by atoms with Gasteiger partial charge in [-0.25, -0.2) is 19.2 Å². The van der Waals surface area contributed by atoms with Crippen molar-refractivity contribution in [1.82, 2.24) is 0 Å². The van der Waals surface area contributed by atoms with E-state index >= 15 is 0 Å². The highest BCUT2D eigenvalue weighted by Crippen LogP contribution is 2.25. The highest BCUT2D eigenvalue weighted by molar-refractivity contribution is 5.90. The monoisotopic (exact) mass is 506 g/mol. The summed E-state index contributed by atoms with van der Waals surface area (Å²) in [5, 5.41) is 0. The highest BCUT2D eigenvalue weighted by atomic mass is 16.6. The van der Waals surface area contributed by atoms with Crippen molar-refractivity contribution < 1.29 is 42.9 Å². The second kappa shape index (κ2) is 16.5. The number of hydrogen-bond donors (Lipinski definition) is 0. The van der Waals surface area contributed by atoms with Gasteiger partial charge in [0.1, 0.15) is 13.2 Å². The summed E-state index contributed by atoms with van der Waals surface area (Å²) in [5.41, 5.74) is 1.81. The molecule has 0 aromatic rings. The fourth-order valence-corrected chi connectivity index (χ4v) is 3.29. The Morgan fingerprint density at radius 3 is 1.56 bits per heavy atom. The van der Waals surface area contributed by atoms with Gasteiger partial charge in [0.15, 0.2) is 0 Å². The fraction of sp³-hybridized carbons (Fsp3) is 0.556. The van der Waals surface area contributed by atoms with Crippen molar-refractivity contribution in [3.63, 3.8) is 0 Å². The van der Waals surface area contributed by atoms with E-state index in [-0.39, 0.29) is 62.1 Å². The predicted octanol–water partition coefficient (Wildman–Crippen LogP) is 3.92. The van der Waals surface area contributed by atoms with Crippen molar-refractivity contribution in [3.8, 4) is 0 Å². The van der Waals surface area contributed by atoms with Crippen LogP contribution in [0.4, 0.5) is 0 Å². The van der Waals surface area contributed by atoms with E-state index in [1.54, 1.807) is 13.8 Å². The third-order valence-corrected chi connectivity index (χ3v) is 5.28. The van der Waals surface area contributed by atoms with E-state index in [4.69, 9.17) is 23.7 Å². The number of rotatable bonds is 16. The van der Waals surface area contributed by atoms with E-state index in [9.17, 15) is 19.2 Å². The van der Waals surface area contributed by atoms with Crippen LogP contribution < -0.4 is 0 Å². The molecule has 0 spiro atoms. The molecule has 0 saturated carbocycles. The van der Waals surface area contributed by atoms with Crippen LogP contribution in [0.2, 0.25) is 0 Å². The van der Waals surface area contributed by atoms with Crippen LogP contribution in [0.3, 0.4) is 0 Å². The standard InChI is InChI=1S/C27H38O9/c1-18(2)24(28)33-14-11-21(12-15-34-25(29)19(3)4)23(10-9-22-8-7-13-32-22)27(31)36-17-16-35-26(30)20(5)6/h22H,1,3,5,7-17H2,2,4,6H3. The Balaban J connectivity index is 3.00. The summed E-state index contributed by atoms with van der Waals surface area (Å²) in [5.74, 6) is -2.22. The molecular weight excluding hydrogens is 468 g/mol. The first-order chi connectivity index (χ1) is 17.0. The molecule has 0 aliphatic carbocycles. The molecule has 1 aliphatic heterocycles. The van der Waals surface area contributed by atoms with Crippen molar-refractivity contribution in [2.75, 3.05) is 33.0 Å². The van der Waals surface area contributed by atoms with Crippen molar-refractivity contribution in [3.05, 3.63) is 47.6 Å². The zero-order valence-electron chi connectivity index (χ0n) is 21.7. The average molecular weight is 507 g/mol. The minimum absolute atomic E-state index is 0.0163. The molecule has 1 atom stereocenters. The van der Waals surface area contributed by atoms with Crippen LogP contribution >= 0.6 is 0 Å². The zero-order valence-corrected chi connectivity index (χ0v) is 21.7. The molecule has 1 unspecified atom stereocenters. The first-order valence-electron chi connectivity index (χ1n) is 12.0. The second-order valence-corrected chi connectivity index (χ2v) is 8.64. The Labute approximate surface area is 213 Å². The predicted molar refractivity (Wildman–Crippen MR) is 133 cm³/mol. The minimum Gasteiger partial charge on any atom is -0.462 e. The largest absolute Gasteiger partial charge is 0.462 e. The van der Waals surface area contributed by atoms with E-state index < -0.39 is 23.9 Å². The summed E-state index contributed by atoms with van der Waals surface area (Å²) in [7, 11) is 0. The van der Waals surface area contributed by atoms with E-state index in [1.807, 2.05) is 0 Å². The molecule has 0 bridgehead atoms. The van der Waals surface area contributed by atoms with Crippen LogP contribution in [-0.2, 0) is 42.9 Å². The molecule has 9 nitrogen and oxygen atoms in total. The molecule has 1 saturated heterocycles. The molecule has 9 heteroatoms. The van der Waals surface area contributed by atoms with Crippen LogP contribution in [0, 0.1) is 0 Å². The summed E-state index contributed by atoms with van der Waals surface area (Å²) in [6.07, 6.45) is 3.36. The van der Waals surface area contributed by atoms with Gasteiger partial charge in [-0.05, 0) is 46.5 Å². The van der Waals surface area contributed by atoms with Gasteiger partial charge in [0.05, 0.1) is 19.3 Å². The molecule has 200 valence electrons. The van der Waals surface area contributed by atoms with Gasteiger partial charge in [0, 0.05) is 41.7 Å². The molecule has 1 aliphatic rings. The third kappa shape index (κ3) is 12.0. The summed E-state index contributed by atoms with van der Waals surface area (Å²) in [6.45, 7) is 15.7. The number of carbonyl (C=O) groups is 4. The smallest absolute Gasteiger partial charge is 0.334 e. The maximum absolute atomic E-state index is 13.1. The number of carbonyl (C=O) groups excluding carboxylic acids is 4. The Hall–Kier alpha value is -3.20. The van der Waals surface area contributed by atoms with E-state index in [2.05, 4.69) is 19.7 Å². The van der Waals surface area contributed by atoms with Crippen LogP contribution in [0.1, 0.15) is 59.3 Å². The fourth-order valence-electron chi connectivity index (χ4n) is 3.29. The Morgan fingerprint density at radius 1 is 0.694 bits per heavy atom. The van der Waals surface area contributed by atoms with Gasteiger partial charge in [0.25, 0.3) is 0 Å². The quantitative estimate of drug-likeness (QED) is 0.133. The van der Waals surface area contributed by atoms with Gasteiger partial charge >= 0.3 is 23.9 Å². The molecule has 0 aromatic carbocycles. The van der Waals surface area contributed by atoms with E-state index in [1.165, 1.54) is 6.92 Å². The lowest BCUT2D eigenvalue weighted by Gasteiger charge is -2.17. The van der Waals surface area contributed by atoms with Crippen LogP contribution in [0.25, 0.3) is 0 Å². The maximum Gasteiger partial charge on any atom is 0.334 e. The van der Waals surface area contributed by atoms with Crippen molar-refractivity contribution in [2.45, 2.75) is 65.4 Å². The lowest BCUT2D eigenvalue weighted by atomic mass is 9.96. The molecule has 1 fully saturated rings. The Morgan fingerprint density at radius 2 is 1.14 bits per heavy atom. The molecule has 36 heavy (non-hydrogen) atoms. The molecule has 0 N–H and O–H groups in total. The number of hydrogen-bond acceptors (Lipinski definition) is 9. The Kier molecular flexibility index (Phi) is 14.1. The molecule has 1 rings (SSSR count). The highest BCUT2D eigenvalue weighted by Gasteiger charge is 2.22. The summed E-state index contributed by atoms with van der Waals surface area (Å²) >= 11 is 0. The molecule has 1 heterocycles. The normalized spacial score (nSPS) is 14.4. The number of esters is 4.